The zero-order valence-electron chi connectivity index (χ0n) is 7.14. The van der Waals surface area contributed by atoms with Gasteiger partial charge in [-0.3, -0.25) is 0 Å². The number of carboxylic acid groups (broad SMARTS) is 1. The highest BCUT2D eigenvalue weighted by molar-refractivity contribution is 5.91. The van der Waals surface area contributed by atoms with E-state index in [1.807, 2.05) is 0 Å². The molecule has 0 fully saturated rings. The number of hydrogen-bond donors (Lipinski definition) is 2. The average Bonchev–Trinajstić information content (AvgIpc) is 2.16. The van der Waals surface area contributed by atoms with Crippen LogP contribution in [0, 0.1) is 11.3 Å². The molecule has 0 saturated carbocycles. The average molecular weight is 189 g/mol. The fraction of sp³-hybridized carbons (Fsp3) is 0. The largest absolute Gasteiger partial charge is 0.507 e. The first kappa shape index (κ1) is 9.81. The van der Waals surface area contributed by atoms with Gasteiger partial charge in [-0.25, -0.2) is 4.79 Å². The molecule has 0 unspecified atom stereocenters. The number of benzene rings is 1. The van der Waals surface area contributed by atoms with E-state index in [2.05, 4.69) is 0 Å². The molecule has 1 aromatic rings. The lowest BCUT2D eigenvalue weighted by Gasteiger charge is -1.99. The SMILES string of the molecule is N#C/C=C/c1ccc(O)c(C(=O)O)c1. The minimum absolute atomic E-state index is 0.176. The summed E-state index contributed by atoms with van der Waals surface area (Å²) in [6, 6.07) is 5.89. The third-order valence-corrected chi connectivity index (χ3v) is 1.60. The van der Waals surface area contributed by atoms with Gasteiger partial charge in [0.25, 0.3) is 0 Å². The number of phenols is 1. The Morgan fingerprint density at radius 1 is 1.50 bits per heavy atom. The highest BCUT2D eigenvalue weighted by Crippen LogP contribution is 2.18. The summed E-state index contributed by atoms with van der Waals surface area (Å²) in [6.45, 7) is 0. The van der Waals surface area contributed by atoms with Gasteiger partial charge in [0.1, 0.15) is 11.3 Å². The Labute approximate surface area is 80.3 Å². The molecule has 0 bridgehead atoms. The minimum Gasteiger partial charge on any atom is -0.507 e. The van der Waals surface area contributed by atoms with Gasteiger partial charge in [0.2, 0.25) is 0 Å². The van der Waals surface area contributed by atoms with Gasteiger partial charge in [0, 0.05) is 6.08 Å². The van der Waals surface area contributed by atoms with Crippen molar-refractivity contribution in [2.45, 2.75) is 0 Å². The van der Waals surface area contributed by atoms with E-state index in [4.69, 9.17) is 15.5 Å². The molecule has 0 amide bonds. The Bertz CT molecular complexity index is 429. The molecule has 0 aromatic heterocycles. The number of aromatic carboxylic acids is 1. The molecule has 0 aliphatic carbocycles. The maximum Gasteiger partial charge on any atom is 0.339 e. The van der Waals surface area contributed by atoms with Crippen LogP contribution in [0.25, 0.3) is 6.08 Å². The Morgan fingerprint density at radius 2 is 2.21 bits per heavy atom. The van der Waals surface area contributed by atoms with Gasteiger partial charge in [-0.15, -0.1) is 0 Å². The van der Waals surface area contributed by atoms with Crippen LogP contribution in [0.1, 0.15) is 15.9 Å². The van der Waals surface area contributed by atoms with Crippen molar-refractivity contribution in [3.63, 3.8) is 0 Å². The molecule has 2 N–H and O–H groups in total. The van der Waals surface area contributed by atoms with Crippen molar-refractivity contribution < 1.29 is 15.0 Å². The van der Waals surface area contributed by atoms with Gasteiger partial charge >= 0.3 is 5.97 Å². The van der Waals surface area contributed by atoms with Gasteiger partial charge in [-0.1, -0.05) is 6.07 Å². The Kier molecular flexibility index (Phi) is 2.87. The van der Waals surface area contributed by atoms with Crippen LogP contribution in [0.2, 0.25) is 0 Å². The molecule has 0 saturated heterocycles. The van der Waals surface area contributed by atoms with Crippen LogP contribution in [0.3, 0.4) is 0 Å². The molecule has 0 aliphatic rings. The van der Waals surface area contributed by atoms with Crippen molar-refractivity contribution >= 4 is 12.0 Å². The summed E-state index contributed by atoms with van der Waals surface area (Å²) >= 11 is 0. The van der Waals surface area contributed by atoms with E-state index in [1.54, 1.807) is 6.07 Å². The number of allylic oxidation sites excluding steroid dienone is 1. The summed E-state index contributed by atoms with van der Waals surface area (Å²) in [4.78, 5) is 10.6. The highest BCUT2D eigenvalue weighted by atomic mass is 16.4. The monoisotopic (exact) mass is 189 g/mol. The van der Waals surface area contributed by atoms with E-state index in [-0.39, 0.29) is 11.3 Å². The van der Waals surface area contributed by atoms with Crippen molar-refractivity contribution in [1.29, 1.82) is 5.26 Å². The van der Waals surface area contributed by atoms with E-state index in [1.165, 1.54) is 30.4 Å². The summed E-state index contributed by atoms with van der Waals surface area (Å²) in [5, 5.41) is 26.1. The first-order chi connectivity index (χ1) is 6.65. The molecule has 0 aliphatic heterocycles. The van der Waals surface area contributed by atoms with Crippen molar-refractivity contribution in [2.24, 2.45) is 0 Å². The van der Waals surface area contributed by atoms with Crippen LogP contribution in [0.15, 0.2) is 24.3 Å². The Balaban J connectivity index is 3.14. The van der Waals surface area contributed by atoms with E-state index in [9.17, 15) is 4.79 Å². The molecule has 1 rings (SSSR count). The lowest BCUT2D eigenvalue weighted by Crippen LogP contribution is -1.96. The fourth-order valence-electron chi connectivity index (χ4n) is 0.962. The number of hydrogen-bond acceptors (Lipinski definition) is 3. The van der Waals surface area contributed by atoms with Gasteiger partial charge in [-0.2, -0.15) is 5.26 Å². The topological polar surface area (TPSA) is 81.3 Å². The number of rotatable bonds is 2. The molecule has 70 valence electrons. The van der Waals surface area contributed by atoms with Crippen LogP contribution in [-0.4, -0.2) is 16.2 Å². The Hall–Kier alpha value is -2.28. The molecule has 0 radical (unpaired) electrons. The molecular weight excluding hydrogens is 182 g/mol. The number of carboxylic acids is 1. The van der Waals surface area contributed by atoms with Gasteiger partial charge in [0.15, 0.2) is 0 Å². The second kappa shape index (κ2) is 4.10. The van der Waals surface area contributed by atoms with Crippen LogP contribution in [0.4, 0.5) is 0 Å². The molecule has 1 aromatic carbocycles. The second-order valence-corrected chi connectivity index (χ2v) is 2.54. The predicted octanol–water partition coefficient (Wildman–Crippen LogP) is 1.63. The van der Waals surface area contributed by atoms with Gasteiger partial charge in [-0.05, 0) is 23.8 Å². The van der Waals surface area contributed by atoms with Crippen LogP contribution in [0.5, 0.6) is 5.75 Å². The summed E-state index contributed by atoms with van der Waals surface area (Å²) in [6.07, 6.45) is 2.70. The number of carbonyl (C=O) groups is 1. The van der Waals surface area contributed by atoms with Crippen molar-refractivity contribution in [2.75, 3.05) is 0 Å². The predicted molar refractivity (Wildman–Crippen MR) is 49.7 cm³/mol. The van der Waals surface area contributed by atoms with Gasteiger partial charge < -0.3 is 10.2 Å². The highest BCUT2D eigenvalue weighted by Gasteiger charge is 2.08. The molecule has 0 spiro atoms. The third kappa shape index (κ3) is 2.11. The summed E-state index contributed by atoms with van der Waals surface area (Å²) in [7, 11) is 0. The van der Waals surface area contributed by atoms with Crippen molar-refractivity contribution in [1.82, 2.24) is 0 Å². The quantitative estimate of drug-likeness (QED) is 0.692. The number of aromatic hydroxyl groups is 1. The third-order valence-electron chi connectivity index (χ3n) is 1.60. The molecule has 4 nitrogen and oxygen atoms in total. The van der Waals surface area contributed by atoms with Crippen LogP contribution >= 0.6 is 0 Å². The van der Waals surface area contributed by atoms with E-state index in [0.717, 1.165) is 0 Å². The second-order valence-electron chi connectivity index (χ2n) is 2.54. The van der Waals surface area contributed by atoms with E-state index >= 15 is 0 Å². The first-order valence-electron chi connectivity index (χ1n) is 3.77. The van der Waals surface area contributed by atoms with Crippen molar-refractivity contribution in [3.05, 3.63) is 35.4 Å². The summed E-state index contributed by atoms with van der Waals surface area (Å²) in [5.74, 6) is -1.48. The lowest BCUT2D eigenvalue weighted by molar-refractivity contribution is 0.0693. The smallest absolute Gasteiger partial charge is 0.339 e. The maximum absolute atomic E-state index is 10.6. The summed E-state index contributed by atoms with van der Waals surface area (Å²) < 4.78 is 0. The molecule has 14 heavy (non-hydrogen) atoms. The zero-order chi connectivity index (χ0) is 10.6. The number of nitriles is 1. The van der Waals surface area contributed by atoms with E-state index in [0.29, 0.717) is 5.56 Å². The lowest BCUT2D eigenvalue weighted by atomic mass is 10.1. The standard InChI is InChI=1S/C10H7NO3/c11-5-1-2-7-3-4-9(12)8(6-7)10(13)14/h1-4,6,12H,(H,13,14)/b2-1+. The fourth-order valence-corrected chi connectivity index (χ4v) is 0.962. The first-order valence-corrected chi connectivity index (χ1v) is 3.77. The number of nitrogens with zero attached hydrogens (tertiary/aromatic N) is 1. The normalized spacial score (nSPS) is 9.93. The van der Waals surface area contributed by atoms with Crippen LogP contribution in [-0.2, 0) is 0 Å². The molecule has 0 heterocycles. The maximum atomic E-state index is 10.6. The van der Waals surface area contributed by atoms with Gasteiger partial charge in [0.05, 0.1) is 6.07 Å². The van der Waals surface area contributed by atoms with Crippen molar-refractivity contribution in [3.8, 4) is 11.8 Å². The van der Waals surface area contributed by atoms with E-state index < -0.39 is 5.97 Å². The molecule has 4 heteroatoms. The zero-order valence-corrected chi connectivity index (χ0v) is 7.14. The molecular formula is C10H7NO3. The minimum atomic E-state index is -1.20. The Morgan fingerprint density at radius 3 is 2.79 bits per heavy atom. The summed E-state index contributed by atoms with van der Waals surface area (Å²) in [5.41, 5.74) is 0.381. The molecule has 0 atom stereocenters. The van der Waals surface area contributed by atoms with Crippen LogP contribution < -0.4 is 0 Å².